The van der Waals surface area contributed by atoms with Gasteiger partial charge < -0.3 is 5.32 Å². The maximum Gasteiger partial charge on any atom is 0.262 e. The normalized spacial score (nSPS) is 12.7. The number of nitrogens with zero attached hydrogens (tertiary/aromatic N) is 1. The van der Waals surface area contributed by atoms with Crippen molar-refractivity contribution in [3.8, 4) is 0 Å². The number of amides is 1. The van der Waals surface area contributed by atoms with Crippen LogP contribution >= 0.6 is 15.9 Å². The van der Waals surface area contributed by atoms with Crippen LogP contribution in [-0.2, 0) is 4.79 Å². The smallest absolute Gasteiger partial charge is 0.262 e. The summed E-state index contributed by atoms with van der Waals surface area (Å²) in [7, 11) is 0. The Balaban J connectivity index is 1.68. The standard InChI is InChI=1S/C21H20BrN3O/c1-14(16-10-12-18(22)13-11-16)24-25-21(26)15(2)23-20-9-5-7-17-6-3-4-8-19(17)20/h3-13,15,23H,1-2H3,(H,25,26)/t15-/m0/s1. The van der Waals surface area contributed by atoms with Crippen molar-refractivity contribution in [1.82, 2.24) is 5.43 Å². The van der Waals surface area contributed by atoms with Gasteiger partial charge in [-0.1, -0.05) is 64.5 Å². The second-order valence-corrected chi connectivity index (χ2v) is 6.99. The van der Waals surface area contributed by atoms with Crippen molar-refractivity contribution in [3.63, 3.8) is 0 Å². The van der Waals surface area contributed by atoms with Crippen LogP contribution < -0.4 is 10.7 Å². The highest BCUT2D eigenvalue weighted by Gasteiger charge is 2.13. The Labute approximate surface area is 161 Å². The first-order valence-electron chi connectivity index (χ1n) is 8.39. The van der Waals surface area contributed by atoms with Gasteiger partial charge in [0, 0.05) is 15.5 Å². The molecule has 0 heterocycles. The van der Waals surface area contributed by atoms with E-state index in [1.807, 2.05) is 68.4 Å². The lowest BCUT2D eigenvalue weighted by molar-refractivity contribution is -0.121. The number of halogens is 1. The zero-order valence-electron chi connectivity index (χ0n) is 14.7. The fourth-order valence-electron chi connectivity index (χ4n) is 2.64. The van der Waals surface area contributed by atoms with E-state index in [4.69, 9.17) is 0 Å². The van der Waals surface area contributed by atoms with Gasteiger partial charge in [-0.25, -0.2) is 5.43 Å². The first kappa shape index (κ1) is 18.1. The number of hydrogen-bond acceptors (Lipinski definition) is 3. The third-order valence-corrected chi connectivity index (χ3v) is 4.68. The van der Waals surface area contributed by atoms with Crippen LogP contribution in [0.1, 0.15) is 19.4 Å². The monoisotopic (exact) mass is 409 g/mol. The molecule has 1 amide bonds. The van der Waals surface area contributed by atoms with Gasteiger partial charge >= 0.3 is 0 Å². The molecule has 0 aliphatic carbocycles. The van der Waals surface area contributed by atoms with Gasteiger partial charge in [0.1, 0.15) is 6.04 Å². The van der Waals surface area contributed by atoms with E-state index in [1.54, 1.807) is 0 Å². The number of hydrazone groups is 1. The summed E-state index contributed by atoms with van der Waals surface area (Å²) in [5, 5.41) is 9.70. The molecule has 1 atom stereocenters. The Bertz CT molecular complexity index is 946. The second kappa shape index (κ2) is 8.15. The van der Waals surface area contributed by atoms with Crippen LogP contribution in [0.2, 0.25) is 0 Å². The Morgan fingerprint density at radius 1 is 1.00 bits per heavy atom. The molecule has 0 radical (unpaired) electrons. The molecule has 2 N–H and O–H groups in total. The van der Waals surface area contributed by atoms with Gasteiger partial charge in [-0.05, 0) is 43.0 Å². The molecule has 4 nitrogen and oxygen atoms in total. The molecule has 132 valence electrons. The third-order valence-electron chi connectivity index (χ3n) is 4.15. The molecule has 0 bridgehead atoms. The first-order valence-corrected chi connectivity index (χ1v) is 9.18. The average Bonchev–Trinajstić information content (AvgIpc) is 2.66. The predicted molar refractivity (Wildman–Crippen MR) is 112 cm³/mol. The van der Waals surface area contributed by atoms with Crippen molar-refractivity contribution >= 4 is 44.0 Å². The number of benzene rings is 3. The number of nitrogens with one attached hydrogen (secondary N) is 2. The number of carbonyl (C=O) groups excluding carboxylic acids is 1. The Morgan fingerprint density at radius 2 is 1.69 bits per heavy atom. The summed E-state index contributed by atoms with van der Waals surface area (Å²) in [6.07, 6.45) is 0. The highest BCUT2D eigenvalue weighted by Crippen LogP contribution is 2.23. The maximum absolute atomic E-state index is 12.4. The minimum absolute atomic E-state index is 0.186. The molecule has 0 saturated heterocycles. The molecule has 0 aliphatic rings. The molecular weight excluding hydrogens is 390 g/mol. The summed E-state index contributed by atoms with van der Waals surface area (Å²) in [5.74, 6) is -0.186. The maximum atomic E-state index is 12.4. The molecule has 0 saturated carbocycles. The van der Waals surface area contributed by atoms with Gasteiger partial charge in [-0.2, -0.15) is 5.10 Å². The Morgan fingerprint density at radius 3 is 2.46 bits per heavy atom. The quantitative estimate of drug-likeness (QED) is 0.462. The number of rotatable bonds is 5. The first-order chi connectivity index (χ1) is 12.5. The largest absolute Gasteiger partial charge is 0.373 e. The van der Waals surface area contributed by atoms with Crippen LogP contribution in [-0.4, -0.2) is 17.7 Å². The van der Waals surface area contributed by atoms with Crippen molar-refractivity contribution in [2.24, 2.45) is 5.10 Å². The topological polar surface area (TPSA) is 53.5 Å². The molecule has 3 aromatic rings. The highest BCUT2D eigenvalue weighted by atomic mass is 79.9. The van der Waals surface area contributed by atoms with Crippen LogP contribution in [0, 0.1) is 0 Å². The summed E-state index contributed by atoms with van der Waals surface area (Å²) >= 11 is 3.41. The predicted octanol–water partition coefficient (Wildman–Crippen LogP) is 4.94. The zero-order chi connectivity index (χ0) is 18.5. The van der Waals surface area contributed by atoms with Crippen LogP contribution in [0.4, 0.5) is 5.69 Å². The van der Waals surface area contributed by atoms with Gasteiger partial charge in [-0.3, -0.25) is 4.79 Å². The summed E-state index contributed by atoms with van der Waals surface area (Å²) < 4.78 is 1.01. The number of carbonyl (C=O) groups is 1. The van der Waals surface area contributed by atoms with Gasteiger partial charge in [0.05, 0.1) is 5.71 Å². The Hall–Kier alpha value is -2.66. The van der Waals surface area contributed by atoms with Crippen LogP contribution in [0.25, 0.3) is 10.8 Å². The van der Waals surface area contributed by atoms with E-state index >= 15 is 0 Å². The van der Waals surface area contributed by atoms with E-state index in [1.165, 1.54) is 0 Å². The van der Waals surface area contributed by atoms with Crippen LogP contribution in [0.5, 0.6) is 0 Å². The summed E-state index contributed by atoms with van der Waals surface area (Å²) in [6.45, 7) is 3.69. The zero-order valence-corrected chi connectivity index (χ0v) is 16.2. The van der Waals surface area contributed by atoms with E-state index in [0.29, 0.717) is 0 Å². The van der Waals surface area contributed by atoms with Crippen LogP contribution in [0.15, 0.2) is 76.3 Å². The average molecular weight is 410 g/mol. The Kier molecular flexibility index (Phi) is 5.68. The molecule has 0 spiro atoms. The van der Waals surface area contributed by atoms with Gasteiger partial charge in [-0.15, -0.1) is 0 Å². The number of fused-ring (bicyclic) bond motifs is 1. The summed E-state index contributed by atoms with van der Waals surface area (Å²) in [6, 6.07) is 21.5. The van der Waals surface area contributed by atoms with E-state index in [9.17, 15) is 4.79 Å². The lowest BCUT2D eigenvalue weighted by atomic mass is 10.1. The van der Waals surface area contributed by atoms with E-state index < -0.39 is 6.04 Å². The van der Waals surface area contributed by atoms with E-state index in [2.05, 4.69) is 43.9 Å². The second-order valence-electron chi connectivity index (χ2n) is 6.07. The molecule has 0 unspecified atom stereocenters. The minimum atomic E-state index is -0.415. The lowest BCUT2D eigenvalue weighted by Crippen LogP contribution is -2.35. The van der Waals surface area contributed by atoms with E-state index in [0.717, 1.165) is 32.2 Å². The van der Waals surface area contributed by atoms with Crippen molar-refractivity contribution in [2.45, 2.75) is 19.9 Å². The van der Waals surface area contributed by atoms with Gasteiger partial charge in [0.25, 0.3) is 5.91 Å². The number of hydrogen-bond donors (Lipinski definition) is 2. The van der Waals surface area contributed by atoms with Crippen molar-refractivity contribution in [3.05, 3.63) is 76.8 Å². The number of anilines is 1. The van der Waals surface area contributed by atoms with E-state index in [-0.39, 0.29) is 5.91 Å². The molecule has 26 heavy (non-hydrogen) atoms. The lowest BCUT2D eigenvalue weighted by Gasteiger charge is -2.15. The summed E-state index contributed by atoms with van der Waals surface area (Å²) in [4.78, 5) is 12.4. The molecular formula is C21H20BrN3O. The highest BCUT2D eigenvalue weighted by molar-refractivity contribution is 9.10. The minimum Gasteiger partial charge on any atom is -0.373 e. The van der Waals surface area contributed by atoms with Crippen molar-refractivity contribution in [2.75, 3.05) is 5.32 Å². The molecule has 3 aromatic carbocycles. The fourth-order valence-corrected chi connectivity index (χ4v) is 2.91. The van der Waals surface area contributed by atoms with Gasteiger partial charge in [0.15, 0.2) is 0 Å². The van der Waals surface area contributed by atoms with Crippen molar-refractivity contribution in [1.29, 1.82) is 0 Å². The molecule has 5 heteroatoms. The van der Waals surface area contributed by atoms with Gasteiger partial charge in [0.2, 0.25) is 0 Å². The third kappa shape index (κ3) is 4.29. The molecule has 0 aromatic heterocycles. The van der Waals surface area contributed by atoms with Crippen molar-refractivity contribution < 1.29 is 4.79 Å². The summed E-state index contributed by atoms with van der Waals surface area (Å²) in [5.41, 5.74) is 5.28. The SMILES string of the molecule is CC(=NNC(=O)[C@H](C)Nc1cccc2ccccc12)c1ccc(Br)cc1. The molecule has 0 fully saturated rings. The molecule has 0 aliphatic heterocycles. The molecule has 3 rings (SSSR count). The fraction of sp³-hybridized carbons (Fsp3) is 0.143. The van der Waals surface area contributed by atoms with Crippen LogP contribution in [0.3, 0.4) is 0 Å².